The van der Waals surface area contributed by atoms with E-state index < -0.39 is 0 Å². The first kappa shape index (κ1) is 25.1. The summed E-state index contributed by atoms with van der Waals surface area (Å²) in [6, 6.07) is 27.6. The third-order valence-electron chi connectivity index (χ3n) is 6.48. The third-order valence-corrected chi connectivity index (χ3v) is 6.48. The van der Waals surface area contributed by atoms with E-state index in [0.29, 0.717) is 36.0 Å². The minimum absolute atomic E-state index is 0.0275. The number of ether oxygens (including phenoxy) is 3. The Labute approximate surface area is 221 Å². The monoisotopic (exact) mass is 509 g/mol. The van der Waals surface area contributed by atoms with Gasteiger partial charge in [0.25, 0.3) is 0 Å². The molecule has 0 bridgehead atoms. The van der Waals surface area contributed by atoms with Gasteiger partial charge in [-0.05, 0) is 59.2 Å². The summed E-state index contributed by atoms with van der Waals surface area (Å²) in [5, 5.41) is 0.808. The Bertz CT molecular complexity index is 1560. The lowest BCUT2D eigenvalue weighted by Crippen LogP contribution is -2.04. The molecule has 0 saturated carbocycles. The van der Waals surface area contributed by atoms with Gasteiger partial charge in [0, 0.05) is 35.6 Å². The second kappa shape index (κ2) is 11.2. The summed E-state index contributed by atoms with van der Waals surface area (Å²) in [5.74, 6) is 1.56. The van der Waals surface area contributed by atoms with E-state index in [1.165, 1.54) is 12.1 Å². The molecule has 6 heteroatoms. The highest BCUT2D eigenvalue weighted by Gasteiger charge is 2.18. The number of carbonyl (C=O) groups excluding carboxylic acids is 1. The van der Waals surface area contributed by atoms with E-state index in [1.54, 1.807) is 32.4 Å². The van der Waals surface area contributed by atoms with Crippen LogP contribution in [0.5, 0.6) is 17.2 Å². The fourth-order valence-electron chi connectivity index (χ4n) is 4.52. The molecule has 0 radical (unpaired) electrons. The Morgan fingerprint density at radius 3 is 2.26 bits per heavy atom. The van der Waals surface area contributed by atoms with E-state index in [4.69, 9.17) is 14.2 Å². The number of carbonyl (C=O) groups is 1. The molecule has 5 rings (SSSR count). The zero-order chi connectivity index (χ0) is 26.5. The number of methoxy groups -OCH3 is 2. The van der Waals surface area contributed by atoms with Crippen molar-refractivity contribution in [1.29, 1.82) is 0 Å². The molecule has 0 atom stereocenters. The molecule has 0 spiro atoms. The Balaban J connectivity index is 1.48. The minimum atomic E-state index is -0.280. The summed E-state index contributed by atoms with van der Waals surface area (Å²) in [6.07, 6.45) is 2.07. The van der Waals surface area contributed by atoms with E-state index in [-0.39, 0.29) is 18.0 Å². The SMILES string of the molecule is COc1ccc(CC(=O)c2cn(Cc3ccc(F)cc3)c3ccc(OCc4ccccc4)cc23)cc1OC. The topological polar surface area (TPSA) is 49.7 Å². The first-order valence-electron chi connectivity index (χ1n) is 12.3. The lowest BCUT2D eigenvalue weighted by molar-refractivity contribution is 0.0994. The molecule has 0 saturated heterocycles. The molecule has 5 nitrogen and oxygen atoms in total. The van der Waals surface area contributed by atoms with Crippen LogP contribution in [0.4, 0.5) is 4.39 Å². The molecule has 4 aromatic carbocycles. The number of nitrogens with zero attached hydrogens (tertiary/aromatic N) is 1. The lowest BCUT2D eigenvalue weighted by Gasteiger charge is -2.09. The van der Waals surface area contributed by atoms with E-state index in [0.717, 1.165) is 27.6 Å². The normalized spacial score (nSPS) is 10.9. The number of halogens is 1. The number of hydrogen-bond acceptors (Lipinski definition) is 4. The fourth-order valence-corrected chi connectivity index (χ4v) is 4.52. The number of aromatic nitrogens is 1. The molecular formula is C32H28FNO4. The molecule has 0 fully saturated rings. The van der Waals surface area contributed by atoms with Crippen molar-refractivity contribution < 1.29 is 23.4 Å². The Morgan fingerprint density at radius 1 is 0.789 bits per heavy atom. The Morgan fingerprint density at radius 2 is 1.53 bits per heavy atom. The quantitative estimate of drug-likeness (QED) is 0.193. The van der Waals surface area contributed by atoms with Gasteiger partial charge in [-0.3, -0.25) is 4.79 Å². The van der Waals surface area contributed by atoms with Crippen LogP contribution >= 0.6 is 0 Å². The zero-order valence-corrected chi connectivity index (χ0v) is 21.3. The van der Waals surface area contributed by atoms with Crippen LogP contribution in [0.3, 0.4) is 0 Å². The maximum Gasteiger partial charge on any atom is 0.169 e. The average Bonchev–Trinajstić information content (AvgIpc) is 3.31. The van der Waals surface area contributed by atoms with Crippen molar-refractivity contribution in [2.75, 3.05) is 14.2 Å². The van der Waals surface area contributed by atoms with Crippen LogP contribution in [-0.2, 0) is 19.6 Å². The lowest BCUT2D eigenvalue weighted by atomic mass is 10.0. The number of rotatable bonds is 10. The molecule has 0 aliphatic heterocycles. The van der Waals surface area contributed by atoms with Crippen LogP contribution in [0.1, 0.15) is 27.0 Å². The second-order valence-corrected chi connectivity index (χ2v) is 9.04. The molecule has 1 aromatic heterocycles. The Kier molecular flexibility index (Phi) is 7.40. The van der Waals surface area contributed by atoms with Gasteiger partial charge in [0.1, 0.15) is 18.2 Å². The van der Waals surface area contributed by atoms with Gasteiger partial charge in [0.05, 0.1) is 14.2 Å². The van der Waals surface area contributed by atoms with Gasteiger partial charge in [0.15, 0.2) is 17.3 Å². The van der Waals surface area contributed by atoms with E-state index in [2.05, 4.69) is 0 Å². The average molecular weight is 510 g/mol. The maximum atomic E-state index is 13.6. The van der Waals surface area contributed by atoms with Gasteiger partial charge in [-0.15, -0.1) is 0 Å². The molecule has 0 N–H and O–H groups in total. The highest BCUT2D eigenvalue weighted by Crippen LogP contribution is 2.31. The third kappa shape index (κ3) is 5.54. The number of hydrogen-bond donors (Lipinski definition) is 0. The van der Waals surface area contributed by atoms with Gasteiger partial charge in [-0.25, -0.2) is 4.39 Å². The van der Waals surface area contributed by atoms with Crippen molar-refractivity contribution in [3.05, 3.63) is 125 Å². The Hall–Kier alpha value is -4.58. The van der Waals surface area contributed by atoms with E-state index in [9.17, 15) is 9.18 Å². The predicted octanol–water partition coefficient (Wildman–Crippen LogP) is 6.85. The van der Waals surface area contributed by atoms with Gasteiger partial charge in [-0.1, -0.05) is 48.5 Å². The molecule has 0 unspecified atom stereocenters. The van der Waals surface area contributed by atoms with E-state index >= 15 is 0 Å². The summed E-state index contributed by atoms with van der Waals surface area (Å²) in [7, 11) is 3.15. The first-order chi connectivity index (χ1) is 18.5. The second-order valence-electron chi connectivity index (χ2n) is 9.04. The standard InChI is InChI=1S/C32H28FNO4/c1-36-31-15-10-24(17-32(31)37-2)16-30(35)28-20-34(19-22-8-11-25(33)12-9-22)29-14-13-26(18-27(28)29)38-21-23-6-4-3-5-7-23/h3-15,17-18,20H,16,19,21H2,1-2H3. The molecular weight excluding hydrogens is 481 g/mol. The zero-order valence-electron chi connectivity index (χ0n) is 21.3. The highest BCUT2D eigenvalue weighted by molar-refractivity contribution is 6.09. The minimum Gasteiger partial charge on any atom is -0.493 e. The largest absolute Gasteiger partial charge is 0.493 e. The van der Waals surface area contributed by atoms with Crippen molar-refractivity contribution in [3.8, 4) is 17.2 Å². The van der Waals surface area contributed by atoms with Crippen molar-refractivity contribution in [1.82, 2.24) is 4.57 Å². The number of fused-ring (bicyclic) bond motifs is 1. The first-order valence-corrected chi connectivity index (χ1v) is 12.3. The molecule has 1 heterocycles. The predicted molar refractivity (Wildman–Crippen MR) is 146 cm³/mol. The highest BCUT2D eigenvalue weighted by atomic mass is 19.1. The smallest absolute Gasteiger partial charge is 0.169 e. The van der Waals surface area contributed by atoms with Gasteiger partial charge < -0.3 is 18.8 Å². The number of benzene rings is 4. The van der Waals surface area contributed by atoms with Crippen molar-refractivity contribution >= 4 is 16.7 Å². The van der Waals surface area contributed by atoms with Crippen molar-refractivity contribution in [2.24, 2.45) is 0 Å². The van der Waals surface area contributed by atoms with Crippen LogP contribution in [0.15, 0.2) is 97.2 Å². The molecule has 192 valence electrons. The van der Waals surface area contributed by atoms with Crippen LogP contribution in [0.2, 0.25) is 0 Å². The van der Waals surface area contributed by atoms with Crippen LogP contribution in [0, 0.1) is 5.82 Å². The van der Waals surface area contributed by atoms with Crippen LogP contribution in [0.25, 0.3) is 10.9 Å². The summed E-state index contributed by atoms with van der Waals surface area (Å²) in [5.41, 5.74) is 4.32. The summed E-state index contributed by atoms with van der Waals surface area (Å²) < 4.78 is 32.3. The molecule has 5 aromatic rings. The number of ketones is 1. The van der Waals surface area contributed by atoms with Crippen LogP contribution < -0.4 is 14.2 Å². The van der Waals surface area contributed by atoms with Crippen molar-refractivity contribution in [3.63, 3.8) is 0 Å². The summed E-state index contributed by atoms with van der Waals surface area (Å²) in [6.45, 7) is 0.933. The van der Waals surface area contributed by atoms with Gasteiger partial charge >= 0.3 is 0 Å². The van der Waals surface area contributed by atoms with Gasteiger partial charge in [0.2, 0.25) is 0 Å². The molecule has 0 aliphatic rings. The van der Waals surface area contributed by atoms with Crippen LogP contribution in [-0.4, -0.2) is 24.6 Å². The number of Topliss-reactive ketones (excluding diaryl/α,β-unsaturated/α-hetero) is 1. The summed E-state index contributed by atoms with van der Waals surface area (Å²) in [4.78, 5) is 13.6. The fraction of sp³-hybridized carbons (Fsp3) is 0.156. The van der Waals surface area contributed by atoms with Crippen molar-refractivity contribution in [2.45, 2.75) is 19.6 Å². The van der Waals surface area contributed by atoms with Gasteiger partial charge in [-0.2, -0.15) is 0 Å². The molecule has 38 heavy (non-hydrogen) atoms. The summed E-state index contributed by atoms with van der Waals surface area (Å²) >= 11 is 0. The molecule has 0 amide bonds. The van der Waals surface area contributed by atoms with E-state index in [1.807, 2.05) is 71.4 Å². The molecule has 0 aliphatic carbocycles. The maximum absolute atomic E-state index is 13.6.